The summed E-state index contributed by atoms with van der Waals surface area (Å²) in [7, 11) is 4.25. The van der Waals surface area contributed by atoms with Crippen LogP contribution in [-0.2, 0) is 9.53 Å². The molecule has 25 heavy (non-hydrogen) atoms. The maximum absolute atomic E-state index is 12.3. The summed E-state index contributed by atoms with van der Waals surface area (Å²) in [6, 6.07) is 0.612. The predicted molar refractivity (Wildman–Crippen MR) is 94.2 cm³/mol. The Balaban J connectivity index is 1.46. The number of amides is 2. The van der Waals surface area contributed by atoms with Crippen LogP contribution < -0.4 is 5.73 Å². The summed E-state index contributed by atoms with van der Waals surface area (Å²) in [5.74, 6) is -0.0273. The number of nitrogens with zero attached hydrogens (tertiary/aromatic N) is 4. The molecule has 0 aromatic carbocycles. The van der Waals surface area contributed by atoms with Gasteiger partial charge in [0, 0.05) is 51.6 Å². The van der Waals surface area contributed by atoms with E-state index in [0.717, 1.165) is 19.6 Å². The van der Waals surface area contributed by atoms with Crippen LogP contribution in [0.3, 0.4) is 0 Å². The standard InChI is InChI=1S/C17H31N5O3/c1-19(2)14-3-6-20(12-14)9-10-22-13-17(25-16(22)24)4-7-21(8-5-17)15(23)11-18/h14H,3-13,18H2,1-2H3/t14-/m0/s1. The number of hydrogen-bond acceptors (Lipinski definition) is 6. The Morgan fingerprint density at radius 2 is 2.00 bits per heavy atom. The zero-order valence-electron chi connectivity index (χ0n) is 15.4. The number of carbonyl (C=O) groups is 2. The lowest BCUT2D eigenvalue weighted by Crippen LogP contribution is -2.50. The second-order valence-corrected chi connectivity index (χ2v) is 7.76. The van der Waals surface area contributed by atoms with Crippen molar-refractivity contribution in [1.29, 1.82) is 0 Å². The van der Waals surface area contributed by atoms with Gasteiger partial charge in [-0.1, -0.05) is 0 Å². The molecule has 3 aliphatic heterocycles. The van der Waals surface area contributed by atoms with E-state index >= 15 is 0 Å². The summed E-state index contributed by atoms with van der Waals surface area (Å²) in [6.45, 7) is 5.69. The minimum Gasteiger partial charge on any atom is -0.441 e. The minimum atomic E-state index is -0.417. The number of likely N-dealkylation sites (tertiary alicyclic amines) is 2. The van der Waals surface area contributed by atoms with Gasteiger partial charge in [0.15, 0.2) is 0 Å². The molecule has 1 atom stereocenters. The summed E-state index contributed by atoms with van der Waals surface area (Å²) < 4.78 is 5.73. The average Bonchev–Trinajstić information content (AvgIpc) is 3.18. The fraction of sp³-hybridized carbons (Fsp3) is 0.882. The maximum Gasteiger partial charge on any atom is 0.410 e. The van der Waals surface area contributed by atoms with Gasteiger partial charge in [-0.2, -0.15) is 0 Å². The molecular weight excluding hydrogens is 322 g/mol. The van der Waals surface area contributed by atoms with Gasteiger partial charge < -0.3 is 25.2 Å². The zero-order valence-corrected chi connectivity index (χ0v) is 15.4. The smallest absolute Gasteiger partial charge is 0.410 e. The summed E-state index contributed by atoms with van der Waals surface area (Å²) in [5.41, 5.74) is 5.01. The first kappa shape index (κ1) is 18.4. The first-order chi connectivity index (χ1) is 11.9. The van der Waals surface area contributed by atoms with E-state index in [0.29, 0.717) is 45.1 Å². The molecule has 3 fully saturated rings. The number of piperidine rings is 1. The highest BCUT2D eigenvalue weighted by Gasteiger charge is 2.47. The third-order valence-electron chi connectivity index (χ3n) is 5.91. The van der Waals surface area contributed by atoms with Crippen molar-refractivity contribution in [2.24, 2.45) is 5.73 Å². The van der Waals surface area contributed by atoms with Gasteiger partial charge in [0.05, 0.1) is 13.1 Å². The van der Waals surface area contributed by atoms with Crippen LogP contribution in [0.25, 0.3) is 0 Å². The van der Waals surface area contributed by atoms with Crippen molar-refractivity contribution in [3.05, 3.63) is 0 Å². The predicted octanol–water partition coefficient (Wildman–Crippen LogP) is -0.606. The van der Waals surface area contributed by atoms with Crippen LogP contribution in [-0.4, -0.2) is 110 Å². The van der Waals surface area contributed by atoms with Gasteiger partial charge in [-0.05, 0) is 27.1 Å². The number of ether oxygens (including phenoxy) is 1. The highest BCUT2D eigenvalue weighted by molar-refractivity contribution is 5.78. The van der Waals surface area contributed by atoms with E-state index in [1.807, 2.05) is 4.90 Å². The zero-order chi connectivity index (χ0) is 18.0. The molecule has 8 heteroatoms. The second kappa shape index (κ2) is 7.47. The highest BCUT2D eigenvalue weighted by Crippen LogP contribution is 2.33. The van der Waals surface area contributed by atoms with E-state index < -0.39 is 5.60 Å². The molecule has 3 aliphatic rings. The number of nitrogens with two attached hydrogens (primary N) is 1. The third kappa shape index (κ3) is 4.07. The molecule has 142 valence electrons. The summed E-state index contributed by atoms with van der Waals surface area (Å²) >= 11 is 0. The van der Waals surface area contributed by atoms with Crippen LogP contribution >= 0.6 is 0 Å². The van der Waals surface area contributed by atoms with E-state index in [1.165, 1.54) is 6.42 Å². The SMILES string of the molecule is CN(C)[C@H]1CCN(CCN2CC3(CCN(C(=O)CN)CC3)OC2=O)C1. The number of carbonyl (C=O) groups excluding carboxylic acids is 2. The maximum atomic E-state index is 12.3. The average molecular weight is 353 g/mol. The Kier molecular flexibility index (Phi) is 5.50. The fourth-order valence-electron chi connectivity index (χ4n) is 4.12. The fourth-order valence-corrected chi connectivity index (χ4v) is 4.12. The second-order valence-electron chi connectivity index (χ2n) is 7.76. The first-order valence-corrected chi connectivity index (χ1v) is 9.27. The largest absolute Gasteiger partial charge is 0.441 e. The third-order valence-corrected chi connectivity index (χ3v) is 5.91. The van der Waals surface area contributed by atoms with Crippen molar-refractivity contribution < 1.29 is 14.3 Å². The van der Waals surface area contributed by atoms with Crippen LogP contribution in [0.2, 0.25) is 0 Å². The van der Waals surface area contributed by atoms with Gasteiger partial charge in [-0.25, -0.2) is 4.79 Å². The molecule has 0 aliphatic carbocycles. The van der Waals surface area contributed by atoms with Crippen molar-refractivity contribution in [1.82, 2.24) is 19.6 Å². The van der Waals surface area contributed by atoms with Crippen molar-refractivity contribution >= 4 is 12.0 Å². The topological polar surface area (TPSA) is 82.3 Å². The molecule has 2 amide bonds. The van der Waals surface area contributed by atoms with Crippen LogP contribution in [0.5, 0.6) is 0 Å². The molecule has 3 heterocycles. The number of rotatable bonds is 5. The minimum absolute atomic E-state index is 0.0273. The molecule has 8 nitrogen and oxygen atoms in total. The molecule has 2 N–H and O–H groups in total. The molecule has 0 radical (unpaired) electrons. The van der Waals surface area contributed by atoms with Crippen LogP contribution in [0.15, 0.2) is 0 Å². The van der Waals surface area contributed by atoms with Crippen molar-refractivity contribution in [3.8, 4) is 0 Å². The van der Waals surface area contributed by atoms with Gasteiger partial charge in [-0.15, -0.1) is 0 Å². The van der Waals surface area contributed by atoms with Gasteiger partial charge in [0.1, 0.15) is 5.60 Å². The van der Waals surface area contributed by atoms with Gasteiger partial charge in [0.2, 0.25) is 5.91 Å². The highest BCUT2D eigenvalue weighted by atomic mass is 16.6. The van der Waals surface area contributed by atoms with Crippen LogP contribution in [0, 0.1) is 0 Å². The molecule has 1 spiro atoms. The molecule has 0 bridgehead atoms. The van der Waals surface area contributed by atoms with E-state index in [9.17, 15) is 9.59 Å². The monoisotopic (exact) mass is 353 g/mol. The van der Waals surface area contributed by atoms with Crippen LogP contribution in [0.4, 0.5) is 4.79 Å². The van der Waals surface area contributed by atoms with Gasteiger partial charge in [-0.3, -0.25) is 9.69 Å². The lowest BCUT2D eigenvalue weighted by Gasteiger charge is -2.37. The van der Waals surface area contributed by atoms with Gasteiger partial charge >= 0.3 is 6.09 Å². The van der Waals surface area contributed by atoms with E-state index in [-0.39, 0.29) is 18.5 Å². The molecule has 0 unspecified atom stereocenters. The molecule has 0 aromatic heterocycles. The van der Waals surface area contributed by atoms with Crippen molar-refractivity contribution in [2.45, 2.75) is 30.9 Å². The summed E-state index contributed by atoms with van der Waals surface area (Å²) in [6.07, 6.45) is 2.38. The van der Waals surface area contributed by atoms with E-state index in [2.05, 4.69) is 23.9 Å². The molecule has 0 saturated carbocycles. The van der Waals surface area contributed by atoms with Crippen LogP contribution in [0.1, 0.15) is 19.3 Å². The summed E-state index contributed by atoms with van der Waals surface area (Å²) in [4.78, 5) is 32.3. The Morgan fingerprint density at radius 3 is 2.60 bits per heavy atom. The molecule has 3 saturated heterocycles. The van der Waals surface area contributed by atoms with E-state index in [1.54, 1.807) is 4.90 Å². The Morgan fingerprint density at radius 1 is 1.28 bits per heavy atom. The van der Waals surface area contributed by atoms with Gasteiger partial charge in [0.25, 0.3) is 0 Å². The Hall–Kier alpha value is -1.38. The number of likely N-dealkylation sites (N-methyl/N-ethyl adjacent to an activating group) is 1. The molecule has 0 aromatic rings. The Bertz CT molecular complexity index is 505. The Labute approximate surface area is 149 Å². The summed E-state index contributed by atoms with van der Waals surface area (Å²) in [5, 5.41) is 0. The first-order valence-electron chi connectivity index (χ1n) is 9.27. The van der Waals surface area contributed by atoms with E-state index in [4.69, 9.17) is 10.5 Å². The molecule has 3 rings (SSSR count). The van der Waals surface area contributed by atoms with Crippen molar-refractivity contribution in [3.63, 3.8) is 0 Å². The normalized spacial score (nSPS) is 26.7. The molecular formula is C17H31N5O3. The van der Waals surface area contributed by atoms with Crippen molar-refractivity contribution in [2.75, 3.05) is 66.5 Å². The quantitative estimate of drug-likeness (QED) is 0.710. The lowest BCUT2D eigenvalue weighted by molar-refractivity contribution is -0.133. The number of hydrogen-bond donors (Lipinski definition) is 1. The lowest BCUT2D eigenvalue weighted by atomic mass is 9.91.